The minimum atomic E-state index is -0.989. The minimum Gasteiger partial charge on any atom is -0.478 e. The molecule has 0 saturated carbocycles. The molecule has 3 aromatic carbocycles. The monoisotopic (exact) mass is 387 g/mol. The molecule has 146 valence electrons. The molecule has 0 fully saturated rings. The highest BCUT2D eigenvalue weighted by Crippen LogP contribution is 2.44. The van der Waals surface area contributed by atoms with Crippen molar-refractivity contribution in [3.05, 3.63) is 95.1 Å². The van der Waals surface area contributed by atoms with Crippen molar-refractivity contribution < 1.29 is 19.4 Å². The highest BCUT2D eigenvalue weighted by atomic mass is 16.5. The first kappa shape index (κ1) is 18.9. The number of carbonyl (C=O) groups is 2. The predicted molar refractivity (Wildman–Crippen MR) is 110 cm³/mol. The van der Waals surface area contributed by atoms with Crippen molar-refractivity contribution in [3.8, 4) is 11.1 Å². The van der Waals surface area contributed by atoms with Gasteiger partial charge in [-0.25, -0.2) is 4.79 Å². The third kappa shape index (κ3) is 3.77. The van der Waals surface area contributed by atoms with Crippen LogP contribution in [0.1, 0.15) is 33.0 Å². The lowest BCUT2D eigenvalue weighted by Gasteiger charge is -2.17. The molecule has 1 atom stereocenters. The summed E-state index contributed by atoms with van der Waals surface area (Å²) in [7, 11) is 0. The SMILES string of the molecule is NC(Cc1ccc(C(=O)O)cc1)C(=O)OCC1c2ccccc2-c2ccccc21. The topological polar surface area (TPSA) is 89.6 Å². The van der Waals surface area contributed by atoms with Gasteiger partial charge in [0.05, 0.1) is 5.56 Å². The Morgan fingerprint density at radius 1 is 0.897 bits per heavy atom. The number of carboxylic acids is 1. The van der Waals surface area contributed by atoms with Crippen molar-refractivity contribution in [2.75, 3.05) is 6.61 Å². The lowest BCUT2D eigenvalue weighted by atomic mass is 9.98. The minimum absolute atomic E-state index is 0.00611. The number of fused-ring (bicyclic) bond motifs is 3. The van der Waals surface area contributed by atoms with Gasteiger partial charge in [-0.3, -0.25) is 4.79 Å². The van der Waals surface area contributed by atoms with Gasteiger partial charge in [-0.15, -0.1) is 0 Å². The molecular formula is C24H21NO4. The Hall–Kier alpha value is -3.44. The van der Waals surface area contributed by atoms with Crippen LogP contribution in [0, 0.1) is 0 Å². The maximum atomic E-state index is 12.5. The molecule has 5 heteroatoms. The zero-order valence-corrected chi connectivity index (χ0v) is 15.7. The van der Waals surface area contributed by atoms with E-state index in [0.717, 1.165) is 16.7 Å². The highest BCUT2D eigenvalue weighted by Gasteiger charge is 2.29. The number of ether oxygens (including phenoxy) is 1. The average molecular weight is 387 g/mol. The van der Waals surface area contributed by atoms with E-state index in [0.29, 0.717) is 0 Å². The fourth-order valence-electron chi connectivity index (χ4n) is 3.83. The van der Waals surface area contributed by atoms with Crippen LogP contribution in [0.4, 0.5) is 0 Å². The summed E-state index contributed by atoms with van der Waals surface area (Å²) in [6.07, 6.45) is 0.288. The van der Waals surface area contributed by atoms with E-state index in [1.54, 1.807) is 12.1 Å². The van der Waals surface area contributed by atoms with Crippen LogP contribution in [0.25, 0.3) is 11.1 Å². The van der Waals surface area contributed by atoms with Gasteiger partial charge in [-0.1, -0.05) is 60.7 Å². The van der Waals surface area contributed by atoms with Gasteiger partial charge in [0.1, 0.15) is 12.6 Å². The van der Waals surface area contributed by atoms with E-state index in [4.69, 9.17) is 15.6 Å². The second-order valence-corrected chi connectivity index (χ2v) is 7.17. The first-order valence-corrected chi connectivity index (χ1v) is 9.47. The molecule has 1 aliphatic carbocycles. The Kier molecular flexibility index (Phi) is 5.14. The summed E-state index contributed by atoms with van der Waals surface area (Å²) in [5.74, 6) is -1.46. The van der Waals surface area contributed by atoms with Crippen molar-refractivity contribution in [2.24, 2.45) is 5.73 Å². The molecule has 5 nitrogen and oxygen atoms in total. The summed E-state index contributed by atoms with van der Waals surface area (Å²) in [6.45, 7) is 0.235. The van der Waals surface area contributed by atoms with Crippen molar-refractivity contribution in [2.45, 2.75) is 18.4 Å². The first-order valence-electron chi connectivity index (χ1n) is 9.47. The van der Waals surface area contributed by atoms with Gasteiger partial charge in [0.2, 0.25) is 0 Å². The van der Waals surface area contributed by atoms with E-state index < -0.39 is 18.0 Å². The largest absolute Gasteiger partial charge is 0.478 e. The van der Waals surface area contributed by atoms with Crippen LogP contribution < -0.4 is 5.73 Å². The molecule has 4 rings (SSSR count). The molecule has 0 heterocycles. The lowest BCUT2D eigenvalue weighted by molar-refractivity contribution is -0.145. The zero-order valence-electron chi connectivity index (χ0n) is 15.7. The van der Waals surface area contributed by atoms with E-state index in [1.165, 1.54) is 23.3 Å². The van der Waals surface area contributed by atoms with Gasteiger partial charge in [0.25, 0.3) is 0 Å². The number of hydrogen-bond acceptors (Lipinski definition) is 4. The van der Waals surface area contributed by atoms with E-state index in [-0.39, 0.29) is 24.5 Å². The predicted octanol–water partition coefficient (Wildman–Crippen LogP) is 3.61. The summed E-state index contributed by atoms with van der Waals surface area (Å²) in [6, 6.07) is 21.8. The number of rotatable bonds is 6. The fraction of sp³-hybridized carbons (Fsp3) is 0.167. The second kappa shape index (κ2) is 7.89. The van der Waals surface area contributed by atoms with Gasteiger partial charge >= 0.3 is 11.9 Å². The number of hydrogen-bond donors (Lipinski definition) is 2. The summed E-state index contributed by atoms with van der Waals surface area (Å²) in [5, 5.41) is 8.96. The van der Waals surface area contributed by atoms with E-state index >= 15 is 0 Å². The Morgan fingerprint density at radius 3 is 2.00 bits per heavy atom. The average Bonchev–Trinajstić information content (AvgIpc) is 3.06. The van der Waals surface area contributed by atoms with Crippen LogP contribution in [-0.4, -0.2) is 29.7 Å². The molecule has 3 aromatic rings. The standard InChI is InChI=1S/C24H21NO4/c25-22(13-15-9-11-16(12-10-15)23(26)27)24(28)29-14-21-19-7-3-1-5-17(19)18-6-2-4-8-20(18)21/h1-12,21-22H,13-14,25H2,(H,26,27). The first-order chi connectivity index (χ1) is 14.0. The molecule has 0 bridgehead atoms. The summed E-state index contributed by atoms with van der Waals surface area (Å²) < 4.78 is 5.58. The summed E-state index contributed by atoms with van der Waals surface area (Å²) in [5.41, 5.74) is 11.7. The highest BCUT2D eigenvalue weighted by molar-refractivity contribution is 5.87. The van der Waals surface area contributed by atoms with Crippen molar-refractivity contribution >= 4 is 11.9 Å². The molecule has 1 aliphatic rings. The molecule has 0 aromatic heterocycles. The summed E-state index contributed by atoms with van der Waals surface area (Å²) in [4.78, 5) is 23.4. The maximum absolute atomic E-state index is 12.5. The van der Waals surface area contributed by atoms with Crippen LogP contribution in [0.2, 0.25) is 0 Å². The fourth-order valence-corrected chi connectivity index (χ4v) is 3.83. The molecule has 0 spiro atoms. The number of aromatic carboxylic acids is 1. The Balaban J connectivity index is 1.42. The molecule has 0 aliphatic heterocycles. The second-order valence-electron chi connectivity index (χ2n) is 7.17. The van der Waals surface area contributed by atoms with Gasteiger partial charge in [0.15, 0.2) is 0 Å². The molecule has 0 amide bonds. The van der Waals surface area contributed by atoms with Crippen LogP contribution in [0.5, 0.6) is 0 Å². The molecular weight excluding hydrogens is 366 g/mol. The van der Waals surface area contributed by atoms with Crippen LogP contribution in [-0.2, 0) is 16.0 Å². The van der Waals surface area contributed by atoms with Gasteiger partial charge < -0.3 is 15.6 Å². The van der Waals surface area contributed by atoms with E-state index in [2.05, 4.69) is 24.3 Å². The number of benzene rings is 3. The maximum Gasteiger partial charge on any atom is 0.335 e. The van der Waals surface area contributed by atoms with E-state index in [1.807, 2.05) is 24.3 Å². The zero-order chi connectivity index (χ0) is 20.4. The smallest absolute Gasteiger partial charge is 0.335 e. The lowest BCUT2D eigenvalue weighted by Crippen LogP contribution is -2.35. The Labute approximate surface area is 168 Å². The number of carbonyl (C=O) groups excluding carboxylic acids is 1. The number of nitrogens with two attached hydrogens (primary N) is 1. The Bertz CT molecular complexity index is 1010. The van der Waals surface area contributed by atoms with Gasteiger partial charge in [-0.2, -0.15) is 0 Å². The number of carboxylic acid groups (broad SMARTS) is 1. The molecule has 0 radical (unpaired) electrons. The van der Waals surface area contributed by atoms with Crippen molar-refractivity contribution in [1.82, 2.24) is 0 Å². The van der Waals surface area contributed by atoms with Crippen LogP contribution in [0.3, 0.4) is 0 Å². The normalized spacial score (nSPS) is 13.4. The Morgan fingerprint density at radius 2 is 1.45 bits per heavy atom. The molecule has 3 N–H and O–H groups in total. The number of esters is 1. The van der Waals surface area contributed by atoms with Crippen molar-refractivity contribution in [3.63, 3.8) is 0 Å². The molecule has 29 heavy (non-hydrogen) atoms. The molecule has 1 unspecified atom stereocenters. The van der Waals surface area contributed by atoms with Crippen LogP contribution in [0.15, 0.2) is 72.8 Å². The summed E-state index contributed by atoms with van der Waals surface area (Å²) >= 11 is 0. The van der Waals surface area contributed by atoms with E-state index in [9.17, 15) is 9.59 Å². The van der Waals surface area contributed by atoms with Gasteiger partial charge in [-0.05, 0) is 46.4 Å². The third-order valence-electron chi connectivity index (χ3n) is 5.31. The quantitative estimate of drug-likeness (QED) is 0.631. The van der Waals surface area contributed by atoms with Gasteiger partial charge in [0, 0.05) is 5.92 Å². The molecule has 0 saturated heterocycles. The third-order valence-corrected chi connectivity index (χ3v) is 5.31. The van der Waals surface area contributed by atoms with Crippen LogP contribution >= 0.6 is 0 Å². The van der Waals surface area contributed by atoms with Crippen molar-refractivity contribution in [1.29, 1.82) is 0 Å².